The summed E-state index contributed by atoms with van der Waals surface area (Å²) < 4.78 is 4.86. The van der Waals surface area contributed by atoms with Gasteiger partial charge in [0.05, 0.1) is 12.7 Å². The molecule has 0 saturated carbocycles. The van der Waals surface area contributed by atoms with Crippen molar-refractivity contribution < 1.29 is 9.84 Å². The lowest BCUT2D eigenvalue weighted by atomic mass is 10.4. The maximum atomic E-state index is 8.74. The molecule has 1 atom stereocenters. The largest absolute Gasteiger partial charge is 0.389 e. The normalized spacial score (nSPS) is 13.9. The molecule has 0 radical (unpaired) electrons. The molecule has 0 rings (SSSR count). The number of nitrogens with two attached hydrogens (primary N) is 1. The minimum absolute atomic E-state index is 0.278. The predicted molar refractivity (Wildman–Crippen MR) is 31.6 cm³/mol. The van der Waals surface area contributed by atoms with Crippen molar-refractivity contribution in [1.82, 2.24) is 0 Å². The number of aliphatic hydroxyl groups is 1. The van der Waals surface area contributed by atoms with Gasteiger partial charge in [-0.25, -0.2) is 0 Å². The molecule has 0 aromatic heterocycles. The van der Waals surface area contributed by atoms with Crippen molar-refractivity contribution in [2.75, 3.05) is 19.8 Å². The Morgan fingerprint density at radius 1 is 1.75 bits per heavy atom. The Kier molecular flexibility index (Phi) is 4.95. The lowest BCUT2D eigenvalue weighted by molar-refractivity contribution is 0.0474. The van der Waals surface area contributed by atoms with E-state index < -0.39 is 6.10 Å². The molecule has 0 bridgehead atoms. The molecule has 3 nitrogen and oxygen atoms in total. The van der Waals surface area contributed by atoms with Crippen molar-refractivity contribution >= 4 is 0 Å². The third kappa shape index (κ3) is 4.05. The molecule has 0 fully saturated rings. The molecule has 8 heavy (non-hydrogen) atoms. The molecule has 0 heterocycles. The first-order valence-electron chi connectivity index (χ1n) is 2.77. The van der Waals surface area contributed by atoms with Crippen molar-refractivity contribution in [1.29, 1.82) is 0 Å². The SMILES string of the molecule is CCOC[C@H](O)CN. The fourth-order valence-corrected chi connectivity index (χ4v) is 0.322. The summed E-state index contributed by atoms with van der Waals surface area (Å²) in [6, 6.07) is 0. The molecule has 0 amide bonds. The molecular weight excluding hydrogens is 106 g/mol. The third-order valence-electron chi connectivity index (χ3n) is 0.786. The fraction of sp³-hybridized carbons (Fsp3) is 1.00. The zero-order chi connectivity index (χ0) is 6.41. The van der Waals surface area contributed by atoms with E-state index >= 15 is 0 Å². The number of ether oxygens (including phenoxy) is 1. The van der Waals surface area contributed by atoms with Crippen LogP contribution in [0.2, 0.25) is 0 Å². The van der Waals surface area contributed by atoms with Gasteiger partial charge in [0.1, 0.15) is 0 Å². The summed E-state index contributed by atoms with van der Waals surface area (Å²) in [4.78, 5) is 0. The molecule has 0 spiro atoms. The van der Waals surface area contributed by atoms with Crippen molar-refractivity contribution in [3.63, 3.8) is 0 Å². The Bertz CT molecular complexity index is 49.7. The van der Waals surface area contributed by atoms with Gasteiger partial charge in [-0.1, -0.05) is 0 Å². The van der Waals surface area contributed by atoms with Gasteiger partial charge in [0.15, 0.2) is 0 Å². The van der Waals surface area contributed by atoms with Crippen LogP contribution in [-0.4, -0.2) is 31.0 Å². The molecule has 0 aliphatic carbocycles. The van der Waals surface area contributed by atoms with E-state index in [0.29, 0.717) is 13.2 Å². The second-order valence-corrected chi connectivity index (χ2v) is 1.55. The predicted octanol–water partition coefficient (Wildman–Crippen LogP) is -0.657. The van der Waals surface area contributed by atoms with Crippen LogP contribution in [0.1, 0.15) is 6.92 Å². The molecule has 0 unspecified atom stereocenters. The first-order valence-corrected chi connectivity index (χ1v) is 2.77. The van der Waals surface area contributed by atoms with Crippen LogP contribution >= 0.6 is 0 Å². The van der Waals surface area contributed by atoms with Crippen LogP contribution in [0.3, 0.4) is 0 Å². The molecule has 3 N–H and O–H groups in total. The Hall–Kier alpha value is -0.120. The Morgan fingerprint density at radius 2 is 2.38 bits per heavy atom. The number of hydrogen-bond donors (Lipinski definition) is 2. The fourth-order valence-electron chi connectivity index (χ4n) is 0.322. The summed E-state index contributed by atoms with van der Waals surface area (Å²) in [5.41, 5.74) is 5.08. The van der Waals surface area contributed by atoms with Gasteiger partial charge >= 0.3 is 0 Å². The highest BCUT2D eigenvalue weighted by atomic mass is 16.5. The average molecular weight is 119 g/mol. The highest BCUT2D eigenvalue weighted by molar-refractivity contribution is 4.50. The molecule has 0 aliphatic rings. The van der Waals surface area contributed by atoms with E-state index in [1.54, 1.807) is 0 Å². The summed E-state index contributed by atoms with van der Waals surface area (Å²) in [5, 5.41) is 8.74. The molecule has 3 heteroatoms. The summed E-state index contributed by atoms with van der Waals surface area (Å²) in [7, 11) is 0. The van der Waals surface area contributed by atoms with Gasteiger partial charge in [-0.15, -0.1) is 0 Å². The molecular formula is C5H13NO2. The topological polar surface area (TPSA) is 55.5 Å². The second-order valence-electron chi connectivity index (χ2n) is 1.55. The van der Waals surface area contributed by atoms with Crippen LogP contribution in [0.4, 0.5) is 0 Å². The van der Waals surface area contributed by atoms with Crippen molar-refractivity contribution in [3.8, 4) is 0 Å². The smallest absolute Gasteiger partial charge is 0.0895 e. The van der Waals surface area contributed by atoms with Crippen LogP contribution < -0.4 is 5.73 Å². The van der Waals surface area contributed by atoms with Gasteiger partial charge in [-0.2, -0.15) is 0 Å². The first-order chi connectivity index (χ1) is 3.81. The van der Waals surface area contributed by atoms with E-state index in [-0.39, 0.29) is 6.54 Å². The quantitative estimate of drug-likeness (QED) is 0.516. The highest BCUT2D eigenvalue weighted by Gasteiger charge is 1.97. The van der Waals surface area contributed by atoms with Gasteiger partial charge in [0, 0.05) is 13.2 Å². The Balaban J connectivity index is 2.86. The van der Waals surface area contributed by atoms with Gasteiger partial charge in [-0.05, 0) is 6.92 Å². The van der Waals surface area contributed by atoms with Gasteiger partial charge in [0.2, 0.25) is 0 Å². The summed E-state index contributed by atoms with van der Waals surface area (Å²) in [6.45, 7) is 3.15. The van der Waals surface area contributed by atoms with Crippen LogP contribution in [-0.2, 0) is 4.74 Å². The molecule has 50 valence electrons. The maximum absolute atomic E-state index is 8.74. The summed E-state index contributed by atoms with van der Waals surface area (Å²) in [6.07, 6.45) is -0.491. The zero-order valence-corrected chi connectivity index (χ0v) is 5.13. The second kappa shape index (κ2) is 5.03. The van der Waals surface area contributed by atoms with Gasteiger partial charge < -0.3 is 15.6 Å². The van der Waals surface area contributed by atoms with Gasteiger partial charge in [-0.3, -0.25) is 0 Å². The van der Waals surface area contributed by atoms with Crippen molar-refractivity contribution in [2.45, 2.75) is 13.0 Å². The van der Waals surface area contributed by atoms with Crippen LogP contribution in [0.25, 0.3) is 0 Å². The lowest BCUT2D eigenvalue weighted by Gasteiger charge is -2.05. The Morgan fingerprint density at radius 3 is 2.75 bits per heavy atom. The molecule has 0 aromatic carbocycles. The van der Waals surface area contributed by atoms with Crippen LogP contribution in [0.15, 0.2) is 0 Å². The monoisotopic (exact) mass is 119 g/mol. The van der Waals surface area contributed by atoms with Crippen LogP contribution in [0.5, 0.6) is 0 Å². The zero-order valence-electron chi connectivity index (χ0n) is 5.13. The Labute approximate surface area is 49.4 Å². The summed E-state index contributed by atoms with van der Waals surface area (Å²) >= 11 is 0. The number of hydrogen-bond acceptors (Lipinski definition) is 3. The molecule has 0 saturated heterocycles. The van der Waals surface area contributed by atoms with E-state index in [1.807, 2.05) is 6.92 Å². The van der Waals surface area contributed by atoms with Crippen LogP contribution in [0, 0.1) is 0 Å². The van der Waals surface area contributed by atoms with Gasteiger partial charge in [0.25, 0.3) is 0 Å². The standard InChI is InChI=1S/C5H13NO2/c1-2-8-4-5(7)3-6/h5,7H,2-4,6H2,1H3/t5-/m1/s1. The van der Waals surface area contributed by atoms with E-state index in [2.05, 4.69) is 0 Å². The minimum Gasteiger partial charge on any atom is -0.389 e. The van der Waals surface area contributed by atoms with Crippen molar-refractivity contribution in [3.05, 3.63) is 0 Å². The minimum atomic E-state index is -0.491. The molecule has 0 aliphatic heterocycles. The third-order valence-corrected chi connectivity index (χ3v) is 0.786. The maximum Gasteiger partial charge on any atom is 0.0895 e. The van der Waals surface area contributed by atoms with E-state index in [4.69, 9.17) is 15.6 Å². The van der Waals surface area contributed by atoms with Crippen molar-refractivity contribution in [2.24, 2.45) is 5.73 Å². The highest BCUT2D eigenvalue weighted by Crippen LogP contribution is 1.79. The number of aliphatic hydroxyl groups excluding tert-OH is 1. The first kappa shape index (κ1) is 7.88. The number of rotatable bonds is 4. The summed E-state index contributed by atoms with van der Waals surface area (Å²) in [5.74, 6) is 0. The average Bonchev–Trinajstić information content (AvgIpc) is 1.83. The van der Waals surface area contributed by atoms with E-state index in [0.717, 1.165) is 0 Å². The van der Waals surface area contributed by atoms with E-state index in [1.165, 1.54) is 0 Å². The molecule has 0 aromatic rings. The lowest BCUT2D eigenvalue weighted by Crippen LogP contribution is -2.24. The van der Waals surface area contributed by atoms with E-state index in [9.17, 15) is 0 Å².